The van der Waals surface area contributed by atoms with Gasteiger partial charge in [0.15, 0.2) is 5.82 Å². The molecule has 2 aromatic heterocycles. The lowest BCUT2D eigenvalue weighted by Crippen LogP contribution is -1.85. The maximum Gasteiger partial charge on any atom is 0.270 e. The van der Waals surface area contributed by atoms with Crippen molar-refractivity contribution in [3.8, 4) is 0 Å². The Morgan fingerprint density at radius 3 is 2.90 bits per heavy atom. The SMILES string of the molecule is O=[N+]([O-])c1ccc2sc(/C=N/c3ccccn3)cc2c1. The minimum atomic E-state index is -0.390. The van der Waals surface area contributed by atoms with Crippen molar-refractivity contribution in [2.24, 2.45) is 4.99 Å². The van der Waals surface area contributed by atoms with Gasteiger partial charge in [0.05, 0.1) is 4.92 Å². The van der Waals surface area contributed by atoms with Crippen molar-refractivity contribution >= 4 is 39.1 Å². The average molecular weight is 283 g/mol. The minimum Gasteiger partial charge on any atom is -0.258 e. The largest absolute Gasteiger partial charge is 0.270 e. The first kappa shape index (κ1) is 12.4. The molecule has 0 aliphatic carbocycles. The Balaban J connectivity index is 1.93. The highest BCUT2D eigenvalue weighted by molar-refractivity contribution is 7.20. The quantitative estimate of drug-likeness (QED) is 0.415. The van der Waals surface area contributed by atoms with Crippen LogP contribution in [0.25, 0.3) is 10.1 Å². The van der Waals surface area contributed by atoms with E-state index in [-0.39, 0.29) is 5.69 Å². The van der Waals surface area contributed by atoms with Crippen molar-refractivity contribution in [1.29, 1.82) is 0 Å². The summed E-state index contributed by atoms with van der Waals surface area (Å²) in [7, 11) is 0. The highest BCUT2D eigenvalue weighted by atomic mass is 32.1. The van der Waals surface area contributed by atoms with Gasteiger partial charge in [-0.3, -0.25) is 10.1 Å². The van der Waals surface area contributed by atoms with Gasteiger partial charge >= 0.3 is 0 Å². The zero-order chi connectivity index (χ0) is 13.9. The Hall–Kier alpha value is -2.60. The summed E-state index contributed by atoms with van der Waals surface area (Å²) >= 11 is 1.54. The third-order valence-electron chi connectivity index (χ3n) is 2.70. The van der Waals surface area contributed by atoms with Crippen LogP contribution < -0.4 is 0 Å². The van der Waals surface area contributed by atoms with E-state index < -0.39 is 4.92 Å². The molecule has 20 heavy (non-hydrogen) atoms. The van der Waals surface area contributed by atoms with Crippen LogP contribution in [0.2, 0.25) is 0 Å². The Bertz CT molecular complexity index is 797. The predicted octanol–water partition coefficient (Wildman–Crippen LogP) is 3.96. The molecule has 5 nitrogen and oxygen atoms in total. The van der Waals surface area contributed by atoms with Crippen molar-refractivity contribution in [3.63, 3.8) is 0 Å². The molecule has 0 saturated heterocycles. The van der Waals surface area contributed by atoms with Crippen LogP contribution in [0.15, 0.2) is 53.7 Å². The first-order valence-corrected chi connectivity index (χ1v) is 6.67. The Kier molecular flexibility index (Phi) is 3.22. The van der Waals surface area contributed by atoms with E-state index in [1.165, 1.54) is 17.4 Å². The van der Waals surface area contributed by atoms with E-state index in [4.69, 9.17) is 0 Å². The second-order valence-electron chi connectivity index (χ2n) is 4.07. The van der Waals surface area contributed by atoms with E-state index in [1.807, 2.05) is 24.3 Å². The second kappa shape index (κ2) is 5.18. The van der Waals surface area contributed by atoms with Gasteiger partial charge < -0.3 is 0 Å². The van der Waals surface area contributed by atoms with Gasteiger partial charge in [0.1, 0.15) is 0 Å². The fourth-order valence-corrected chi connectivity index (χ4v) is 2.71. The van der Waals surface area contributed by atoms with Crippen molar-refractivity contribution < 1.29 is 4.92 Å². The van der Waals surface area contributed by atoms with Crippen molar-refractivity contribution in [2.75, 3.05) is 0 Å². The number of nitrogens with zero attached hydrogens (tertiary/aromatic N) is 3. The molecule has 0 aliphatic rings. The molecule has 0 bridgehead atoms. The van der Waals surface area contributed by atoms with Crippen LogP contribution in [0.3, 0.4) is 0 Å². The van der Waals surface area contributed by atoms with E-state index in [1.54, 1.807) is 24.5 Å². The molecule has 0 fully saturated rings. The first-order valence-electron chi connectivity index (χ1n) is 5.85. The van der Waals surface area contributed by atoms with Crippen molar-refractivity contribution in [1.82, 2.24) is 4.98 Å². The molecule has 0 radical (unpaired) electrons. The summed E-state index contributed by atoms with van der Waals surface area (Å²) in [6.45, 7) is 0. The van der Waals surface area contributed by atoms with Gasteiger partial charge in [-0.2, -0.15) is 0 Å². The molecule has 0 unspecified atom stereocenters. The summed E-state index contributed by atoms with van der Waals surface area (Å²) in [4.78, 5) is 19.7. The fraction of sp³-hybridized carbons (Fsp3) is 0. The Morgan fingerprint density at radius 2 is 2.15 bits per heavy atom. The number of nitro benzene ring substituents is 1. The number of fused-ring (bicyclic) bond motifs is 1. The van der Waals surface area contributed by atoms with Gasteiger partial charge in [0.2, 0.25) is 0 Å². The van der Waals surface area contributed by atoms with Gasteiger partial charge in [-0.1, -0.05) is 6.07 Å². The van der Waals surface area contributed by atoms with Crippen LogP contribution in [0.5, 0.6) is 0 Å². The number of non-ortho nitro benzene ring substituents is 1. The summed E-state index contributed by atoms with van der Waals surface area (Å²) in [6, 6.07) is 12.2. The topological polar surface area (TPSA) is 68.4 Å². The number of thiophene rings is 1. The third-order valence-corrected chi connectivity index (χ3v) is 3.75. The number of aliphatic imine (C=N–C) groups is 1. The monoisotopic (exact) mass is 283 g/mol. The number of nitro groups is 1. The van der Waals surface area contributed by atoms with E-state index in [0.717, 1.165) is 15.0 Å². The highest BCUT2D eigenvalue weighted by Crippen LogP contribution is 2.28. The van der Waals surface area contributed by atoms with Crippen molar-refractivity contribution in [2.45, 2.75) is 0 Å². The zero-order valence-corrected chi connectivity index (χ0v) is 11.1. The molecular formula is C14H9N3O2S. The molecule has 2 heterocycles. The second-order valence-corrected chi connectivity index (χ2v) is 5.19. The maximum absolute atomic E-state index is 10.7. The fourth-order valence-electron chi connectivity index (χ4n) is 1.79. The van der Waals surface area contributed by atoms with Crippen LogP contribution in [0, 0.1) is 10.1 Å². The summed E-state index contributed by atoms with van der Waals surface area (Å²) < 4.78 is 0.998. The lowest BCUT2D eigenvalue weighted by Gasteiger charge is -1.89. The molecule has 3 rings (SSSR count). The van der Waals surface area contributed by atoms with E-state index in [0.29, 0.717) is 5.82 Å². The average Bonchev–Trinajstić information content (AvgIpc) is 2.88. The molecule has 6 heteroatoms. The van der Waals surface area contributed by atoms with Gasteiger partial charge in [-0.25, -0.2) is 9.98 Å². The molecule has 0 aliphatic heterocycles. The van der Waals surface area contributed by atoms with Gasteiger partial charge in [-0.15, -0.1) is 11.3 Å². The van der Waals surface area contributed by atoms with E-state index in [2.05, 4.69) is 9.98 Å². The number of hydrogen-bond donors (Lipinski definition) is 0. The number of rotatable bonds is 3. The van der Waals surface area contributed by atoms with Gasteiger partial charge in [0.25, 0.3) is 5.69 Å². The molecule has 0 atom stereocenters. The minimum absolute atomic E-state index is 0.100. The van der Waals surface area contributed by atoms with E-state index in [9.17, 15) is 10.1 Å². The number of aromatic nitrogens is 1. The Morgan fingerprint density at radius 1 is 1.25 bits per heavy atom. The third kappa shape index (κ3) is 2.55. The van der Waals surface area contributed by atoms with Gasteiger partial charge in [0, 0.05) is 34.1 Å². The first-order chi connectivity index (χ1) is 9.72. The molecule has 1 aromatic carbocycles. The maximum atomic E-state index is 10.7. The smallest absolute Gasteiger partial charge is 0.258 e. The number of benzene rings is 1. The summed E-state index contributed by atoms with van der Waals surface area (Å²) in [5, 5.41) is 11.6. The van der Waals surface area contributed by atoms with Gasteiger partial charge in [-0.05, 0) is 29.7 Å². The molecule has 0 N–H and O–H groups in total. The lowest BCUT2D eigenvalue weighted by atomic mass is 10.2. The van der Waals surface area contributed by atoms with Crippen LogP contribution in [-0.2, 0) is 0 Å². The summed E-state index contributed by atoms with van der Waals surface area (Å²) in [5.41, 5.74) is 0.100. The van der Waals surface area contributed by atoms with Crippen molar-refractivity contribution in [3.05, 3.63) is 63.7 Å². The zero-order valence-electron chi connectivity index (χ0n) is 10.3. The molecule has 3 aromatic rings. The lowest BCUT2D eigenvalue weighted by molar-refractivity contribution is -0.384. The van der Waals surface area contributed by atoms with E-state index >= 15 is 0 Å². The molecule has 0 spiro atoms. The molecule has 98 valence electrons. The highest BCUT2D eigenvalue weighted by Gasteiger charge is 2.08. The molecular weight excluding hydrogens is 274 g/mol. The summed E-state index contributed by atoms with van der Waals surface area (Å²) in [6.07, 6.45) is 3.40. The van der Waals surface area contributed by atoms with Crippen LogP contribution in [0.1, 0.15) is 4.88 Å². The van der Waals surface area contributed by atoms with Crippen LogP contribution in [-0.4, -0.2) is 16.1 Å². The number of pyridine rings is 1. The predicted molar refractivity (Wildman–Crippen MR) is 80.0 cm³/mol. The number of hydrogen-bond acceptors (Lipinski definition) is 5. The molecule has 0 amide bonds. The summed E-state index contributed by atoms with van der Waals surface area (Å²) in [5.74, 6) is 0.635. The van der Waals surface area contributed by atoms with Crippen LogP contribution >= 0.6 is 11.3 Å². The van der Waals surface area contributed by atoms with Crippen LogP contribution in [0.4, 0.5) is 11.5 Å². The standard InChI is InChI=1S/C14H9N3O2S/c18-17(19)11-4-5-13-10(7-11)8-12(20-13)9-16-14-3-1-2-6-15-14/h1-9H/b16-9+. The molecule has 0 saturated carbocycles. The Labute approximate surface area is 118 Å². The normalized spacial score (nSPS) is 11.2.